The molecule has 0 bridgehead atoms. The highest BCUT2D eigenvalue weighted by Crippen LogP contribution is 2.24. The number of benzene rings is 2. The van der Waals surface area contributed by atoms with E-state index in [2.05, 4.69) is 48.3 Å². The van der Waals surface area contributed by atoms with Gasteiger partial charge >= 0.3 is 0 Å². The van der Waals surface area contributed by atoms with Crippen LogP contribution in [0, 0.1) is 0 Å². The minimum Gasteiger partial charge on any atom is -0.376 e. The van der Waals surface area contributed by atoms with Crippen LogP contribution in [0.3, 0.4) is 0 Å². The van der Waals surface area contributed by atoms with Gasteiger partial charge in [-0.05, 0) is 37.1 Å². The van der Waals surface area contributed by atoms with Crippen molar-refractivity contribution in [1.82, 2.24) is 10.2 Å². The van der Waals surface area contributed by atoms with Crippen LogP contribution >= 0.6 is 0 Å². The summed E-state index contributed by atoms with van der Waals surface area (Å²) in [5, 5.41) is 5.55. The van der Waals surface area contributed by atoms with Gasteiger partial charge in [-0.1, -0.05) is 42.5 Å². The summed E-state index contributed by atoms with van der Waals surface area (Å²) in [6.45, 7) is 8.11. The topological polar surface area (TPSA) is 41.6 Å². The van der Waals surface area contributed by atoms with Crippen LogP contribution in [0.2, 0.25) is 0 Å². The lowest BCUT2D eigenvalue weighted by Crippen LogP contribution is -2.51. The number of nitrogens with zero attached hydrogens (tertiary/aromatic N) is 1. The fourth-order valence-electron chi connectivity index (χ4n) is 3.37. The monoisotopic (exact) mass is 326 g/mol. The third kappa shape index (κ3) is 3.77. The average Bonchev–Trinajstić information content (AvgIpc) is 2.57. The molecule has 4 nitrogen and oxygen atoms in total. The largest absolute Gasteiger partial charge is 0.376 e. The van der Waals surface area contributed by atoms with Crippen molar-refractivity contribution in [2.75, 3.05) is 19.7 Å². The van der Waals surface area contributed by atoms with Crippen LogP contribution in [0.4, 0.5) is 0 Å². The van der Waals surface area contributed by atoms with Crippen molar-refractivity contribution in [3.63, 3.8) is 0 Å². The highest BCUT2D eigenvalue weighted by molar-refractivity contribution is 5.87. The van der Waals surface area contributed by atoms with E-state index in [-0.39, 0.29) is 24.1 Å². The fourth-order valence-corrected chi connectivity index (χ4v) is 3.37. The molecule has 3 rings (SSSR count). The molecule has 0 aliphatic carbocycles. The molecule has 0 spiro atoms. The van der Waals surface area contributed by atoms with Gasteiger partial charge in [-0.2, -0.15) is 0 Å². The Morgan fingerprint density at radius 3 is 2.83 bits per heavy atom. The zero-order valence-corrected chi connectivity index (χ0v) is 14.7. The second kappa shape index (κ2) is 7.32. The number of hydrogen-bond donors (Lipinski definition) is 1. The number of ether oxygens (including phenoxy) is 1. The molecule has 1 amide bonds. The standard InChI is InChI=1S/C20H26N2O2/c1-14-13-24-15(2)11-22(14)12-20(23)21-16(3)18-10-6-8-17-7-4-5-9-19(17)18/h4-10,14-16H,11-13H2,1-3H3,(H,21,23)/t14-,15-,16-/m1/s1. The molecule has 1 aliphatic rings. The van der Waals surface area contributed by atoms with Gasteiger partial charge in [0.2, 0.25) is 5.91 Å². The van der Waals surface area contributed by atoms with Gasteiger partial charge in [0.05, 0.1) is 25.3 Å². The lowest BCUT2D eigenvalue weighted by molar-refractivity contribution is -0.126. The zero-order chi connectivity index (χ0) is 17.1. The van der Waals surface area contributed by atoms with Gasteiger partial charge in [0.1, 0.15) is 0 Å². The first-order valence-corrected chi connectivity index (χ1v) is 8.67. The van der Waals surface area contributed by atoms with Crippen LogP contribution in [0.25, 0.3) is 10.8 Å². The third-order valence-corrected chi connectivity index (χ3v) is 4.75. The summed E-state index contributed by atoms with van der Waals surface area (Å²) < 4.78 is 5.63. The molecule has 1 aliphatic heterocycles. The van der Waals surface area contributed by atoms with E-state index in [1.54, 1.807) is 0 Å². The van der Waals surface area contributed by atoms with Crippen LogP contribution in [-0.4, -0.2) is 42.6 Å². The van der Waals surface area contributed by atoms with Crippen LogP contribution in [0.1, 0.15) is 32.4 Å². The Kier molecular flexibility index (Phi) is 5.17. The van der Waals surface area contributed by atoms with E-state index in [1.807, 2.05) is 25.1 Å². The predicted octanol–water partition coefficient (Wildman–Crippen LogP) is 3.13. The maximum Gasteiger partial charge on any atom is 0.234 e. The normalized spacial score (nSPS) is 23.1. The second-order valence-corrected chi connectivity index (χ2v) is 6.78. The highest BCUT2D eigenvalue weighted by atomic mass is 16.5. The number of nitrogens with one attached hydrogen (secondary N) is 1. The van der Waals surface area contributed by atoms with Gasteiger partial charge in [0.25, 0.3) is 0 Å². The van der Waals surface area contributed by atoms with Gasteiger partial charge in [-0.15, -0.1) is 0 Å². The molecule has 1 saturated heterocycles. The maximum atomic E-state index is 12.5. The maximum absolute atomic E-state index is 12.5. The van der Waals surface area contributed by atoms with E-state index in [1.165, 1.54) is 10.8 Å². The van der Waals surface area contributed by atoms with Gasteiger partial charge in [-0.3, -0.25) is 9.69 Å². The SMILES string of the molecule is C[C@@H]1CN(CC(=O)N[C@H](C)c2cccc3ccccc23)[C@H](C)CO1. The zero-order valence-electron chi connectivity index (χ0n) is 14.7. The number of amides is 1. The number of carbonyl (C=O) groups is 1. The smallest absolute Gasteiger partial charge is 0.234 e. The Bertz CT molecular complexity index is 710. The Morgan fingerprint density at radius 1 is 1.25 bits per heavy atom. The van der Waals surface area contributed by atoms with Gasteiger partial charge in [0, 0.05) is 12.6 Å². The van der Waals surface area contributed by atoms with E-state index >= 15 is 0 Å². The molecule has 1 heterocycles. The molecular formula is C20H26N2O2. The quantitative estimate of drug-likeness (QED) is 0.938. The summed E-state index contributed by atoms with van der Waals surface area (Å²) in [6, 6.07) is 14.8. The molecule has 1 fully saturated rings. The van der Waals surface area contributed by atoms with Crippen LogP contribution in [0.15, 0.2) is 42.5 Å². The Hall–Kier alpha value is -1.91. The van der Waals surface area contributed by atoms with E-state index in [4.69, 9.17) is 4.74 Å². The summed E-state index contributed by atoms with van der Waals surface area (Å²) in [5.74, 6) is 0.0661. The molecule has 0 radical (unpaired) electrons. The molecule has 128 valence electrons. The van der Waals surface area contributed by atoms with Crippen molar-refractivity contribution in [3.8, 4) is 0 Å². The molecule has 4 heteroatoms. The molecule has 1 N–H and O–H groups in total. The lowest BCUT2D eigenvalue weighted by atomic mass is 10.00. The molecular weight excluding hydrogens is 300 g/mol. The highest BCUT2D eigenvalue weighted by Gasteiger charge is 2.25. The van der Waals surface area contributed by atoms with Crippen molar-refractivity contribution >= 4 is 16.7 Å². The van der Waals surface area contributed by atoms with Crippen LogP contribution in [0.5, 0.6) is 0 Å². The first kappa shape index (κ1) is 16.9. The number of hydrogen-bond acceptors (Lipinski definition) is 3. The number of fused-ring (bicyclic) bond motifs is 1. The van der Waals surface area contributed by atoms with Crippen molar-refractivity contribution in [3.05, 3.63) is 48.0 Å². The summed E-state index contributed by atoms with van der Waals surface area (Å²) >= 11 is 0. The third-order valence-electron chi connectivity index (χ3n) is 4.75. The molecule has 2 aromatic rings. The average molecular weight is 326 g/mol. The molecule has 3 atom stereocenters. The van der Waals surface area contributed by atoms with Crippen molar-refractivity contribution in [2.45, 2.75) is 39.0 Å². The van der Waals surface area contributed by atoms with Crippen molar-refractivity contribution in [1.29, 1.82) is 0 Å². The first-order chi connectivity index (χ1) is 11.5. The Morgan fingerprint density at radius 2 is 2.00 bits per heavy atom. The molecule has 2 aromatic carbocycles. The van der Waals surface area contributed by atoms with E-state index in [9.17, 15) is 4.79 Å². The number of rotatable bonds is 4. The number of morpholine rings is 1. The minimum absolute atomic E-state index is 0.0163. The minimum atomic E-state index is -0.0163. The van der Waals surface area contributed by atoms with E-state index in [0.29, 0.717) is 13.2 Å². The summed E-state index contributed by atoms with van der Waals surface area (Å²) in [6.07, 6.45) is 0.185. The van der Waals surface area contributed by atoms with Crippen LogP contribution < -0.4 is 5.32 Å². The lowest BCUT2D eigenvalue weighted by Gasteiger charge is -2.36. The van der Waals surface area contributed by atoms with E-state index < -0.39 is 0 Å². The van der Waals surface area contributed by atoms with Crippen molar-refractivity contribution in [2.24, 2.45) is 0 Å². The number of carbonyl (C=O) groups excluding carboxylic acids is 1. The Balaban J connectivity index is 1.67. The van der Waals surface area contributed by atoms with Gasteiger partial charge in [-0.25, -0.2) is 0 Å². The molecule has 0 aromatic heterocycles. The van der Waals surface area contributed by atoms with E-state index in [0.717, 1.165) is 12.1 Å². The van der Waals surface area contributed by atoms with Crippen LogP contribution in [-0.2, 0) is 9.53 Å². The van der Waals surface area contributed by atoms with Crippen molar-refractivity contribution < 1.29 is 9.53 Å². The second-order valence-electron chi connectivity index (χ2n) is 6.78. The molecule has 0 saturated carbocycles. The molecule has 24 heavy (non-hydrogen) atoms. The molecule has 0 unspecified atom stereocenters. The first-order valence-electron chi connectivity index (χ1n) is 8.67. The fraction of sp³-hybridized carbons (Fsp3) is 0.450. The van der Waals surface area contributed by atoms with Gasteiger partial charge < -0.3 is 10.1 Å². The Labute approximate surface area is 143 Å². The summed E-state index contributed by atoms with van der Waals surface area (Å²) in [4.78, 5) is 14.7. The predicted molar refractivity (Wildman–Crippen MR) is 97.0 cm³/mol. The summed E-state index contributed by atoms with van der Waals surface area (Å²) in [5.41, 5.74) is 1.16. The van der Waals surface area contributed by atoms with Gasteiger partial charge in [0.15, 0.2) is 0 Å². The summed E-state index contributed by atoms with van der Waals surface area (Å²) in [7, 11) is 0.